The van der Waals surface area contributed by atoms with Gasteiger partial charge in [-0.05, 0) is 24.6 Å². The Bertz CT molecular complexity index is 656. The van der Waals surface area contributed by atoms with Crippen LogP contribution in [0, 0.1) is 11.8 Å². The van der Waals surface area contributed by atoms with Crippen molar-refractivity contribution in [3.63, 3.8) is 0 Å². The van der Waals surface area contributed by atoms with Crippen LogP contribution in [0.4, 0.5) is 13.2 Å². The summed E-state index contributed by atoms with van der Waals surface area (Å²) in [5, 5.41) is 9.95. The Hall–Kier alpha value is -1.86. The minimum Gasteiger partial charge on any atom is -0.491 e. The Balaban J connectivity index is 1.54. The van der Waals surface area contributed by atoms with Gasteiger partial charge in [0.05, 0.1) is 11.7 Å². The van der Waals surface area contributed by atoms with E-state index in [-0.39, 0.29) is 36.1 Å². The monoisotopic (exact) mass is 356 g/mol. The molecule has 4 nitrogen and oxygen atoms in total. The van der Waals surface area contributed by atoms with Crippen LogP contribution in [0.5, 0.6) is 5.75 Å². The fourth-order valence-electron chi connectivity index (χ4n) is 3.36. The molecule has 25 heavy (non-hydrogen) atoms. The van der Waals surface area contributed by atoms with Gasteiger partial charge in [0.2, 0.25) is 0 Å². The number of Topliss-reactive ketones (excluding diaryl/α,β-unsaturated/α-hetero) is 1. The smallest absolute Gasteiger partial charge is 0.416 e. The lowest BCUT2D eigenvalue weighted by atomic mass is 9.92. The van der Waals surface area contributed by atoms with Gasteiger partial charge in [0, 0.05) is 24.9 Å². The van der Waals surface area contributed by atoms with Gasteiger partial charge < -0.3 is 14.6 Å². The van der Waals surface area contributed by atoms with Crippen LogP contribution in [-0.4, -0.2) is 36.3 Å². The summed E-state index contributed by atoms with van der Waals surface area (Å²) in [6, 6.07) is 4.48. The van der Waals surface area contributed by atoms with E-state index in [9.17, 15) is 23.1 Å². The van der Waals surface area contributed by atoms with Gasteiger partial charge in [-0.15, -0.1) is 0 Å². The number of ketones is 1. The zero-order valence-electron chi connectivity index (χ0n) is 13.4. The van der Waals surface area contributed by atoms with E-state index >= 15 is 0 Å². The average Bonchev–Trinajstić information content (AvgIpc) is 3.11. The lowest BCUT2D eigenvalue weighted by Crippen LogP contribution is -2.18. The minimum absolute atomic E-state index is 0.0272. The molecule has 1 saturated heterocycles. The number of benzene rings is 1. The number of carbonyl (C=O) groups is 1. The molecular formula is C18H19F3O4. The Morgan fingerprint density at radius 1 is 1.40 bits per heavy atom. The van der Waals surface area contributed by atoms with Gasteiger partial charge >= 0.3 is 6.18 Å². The highest BCUT2D eigenvalue weighted by molar-refractivity contribution is 5.86. The summed E-state index contributed by atoms with van der Waals surface area (Å²) in [5.74, 6) is 0.0106. The number of alkyl halides is 3. The minimum atomic E-state index is -4.44. The molecule has 0 amide bonds. The van der Waals surface area contributed by atoms with Crippen molar-refractivity contribution in [3.05, 3.63) is 42.0 Å². The van der Waals surface area contributed by atoms with Crippen LogP contribution >= 0.6 is 0 Å². The summed E-state index contributed by atoms with van der Waals surface area (Å²) in [7, 11) is 0. The fraction of sp³-hybridized carbons (Fsp3) is 0.500. The van der Waals surface area contributed by atoms with Crippen LogP contribution in [0.1, 0.15) is 18.4 Å². The quantitative estimate of drug-likeness (QED) is 0.824. The number of hydrogen-bond acceptors (Lipinski definition) is 4. The van der Waals surface area contributed by atoms with Crippen molar-refractivity contribution in [3.8, 4) is 5.75 Å². The molecule has 4 atom stereocenters. The maximum Gasteiger partial charge on any atom is 0.416 e. The normalized spacial score (nSPS) is 27.7. The topological polar surface area (TPSA) is 55.8 Å². The predicted molar refractivity (Wildman–Crippen MR) is 83.0 cm³/mol. The predicted octanol–water partition coefficient (Wildman–Crippen LogP) is 3.00. The van der Waals surface area contributed by atoms with Crippen LogP contribution in [0.3, 0.4) is 0 Å². The van der Waals surface area contributed by atoms with Crippen molar-refractivity contribution >= 4 is 5.78 Å². The summed E-state index contributed by atoms with van der Waals surface area (Å²) in [4.78, 5) is 12.0. The van der Waals surface area contributed by atoms with Crippen molar-refractivity contribution in [2.45, 2.75) is 31.2 Å². The van der Waals surface area contributed by atoms with Crippen molar-refractivity contribution in [1.29, 1.82) is 0 Å². The largest absolute Gasteiger partial charge is 0.491 e. The molecule has 0 bridgehead atoms. The van der Waals surface area contributed by atoms with Gasteiger partial charge in [0.1, 0.15) is 24.2 Å². The van der Waals surface area contributed by atoms with Gasteiger partial charge in [0.15, 0.2) is 0 Å². The average molecular weight is 356 g/mol. The number of halogens is 3. The molecule has 0 spiro atoms. The van der Waals surface area contributed by atoms with Crippen molar-refractivity contribution in [2.75, 3.05) is 13.2 Å². The Kier molecular flexibility index (Phi) is 5.15. The summed E-state index contributed by atoms with van der Waals surface area (Å²) < 4.78 is 48.7. The first-order chi connectivity index (χ1) is 11.8. The number of aliphatic hydroxyl groups excluding tert-OH is 1. The van der Waals surface area contributed by atoms with Crippen molar-refractivity contribution in [2.24, 2.45) is 11.8 Å². The number of ether oxygens (including phenoxy) is 2. The van der Waals surface area contributed by atoms with Gasteiger partial charge in [0.25, 0.3) is 0 Å². The molecular weight excluding hydrogens is 337 g/mol. The van der Waals surface area contributed by atoms with E-state index < -0.39 is 17.8 Å². The Morgan fingerprint density at radius 3 is 2.96 bits per heavy atom. The van der Waals surface area contributed by atoms with E-state index in [2.05, 4.69) is 0 Å². The van der Waals surface area contributed by atoms with E-state index in [0.29, 0.717) is 13.0 Å². The van der Waals surface area contributed by atoms with Crippen LogP contribution < -0.4 is 4.74 Å². The first-order valence-electron chi connectivity index (χ1n) is 8.15. The van der Waals surface area contributed by atoms with Crippen LogP contribution in [0.25, 0.3) is 0 Å². The third kappa shape index (κ3) is 4.22. The van der Waals surface area contributed by atoms with E-state index in [1.807, 2.05) is 0 Å². The second kappa shape index (κ2) is 7.17. The molecule has 2 fully saturated rings. The maximum absolute atomic E-state index is 12.6. The van der Waals surface area contributed by atoms with Gasteiger partial charge in [-0.25, -0.2) is 0 Å². The molecule has 1 N–H and O–H groups in total. The van der Waals surface area contributed by atoms with E-state index in [1.54, 1.807) is 6.08 Å². The number of carbonyl (C=O) groups excluding carboxylic acids is 1. The van der Waals surface area contributed by atoms with E-state index in [1.165, 1.54) is 18.2 Å². The molecule has 136 valence electrons. The third-order valence-electron chi connectivity index (χ3n) is 4.62. The van der Waals surface area contributed by atoms with Crippen molar-refractivity contribution in [1.82, 2.24) is 0 Å². The first-order valence-corrected chi connectivity index (χ1v) is 8.15. The number of aliphatic hydroxyl groups is 1. The molecule has 3 rings (SSSR count). The molecule has 1 aromatic carbocycles. The second-order valence-electron chi connectivity index (χ2n) is 6.35. The molecule has 1 saturated carbocycles. The lowest BCUT2D eigenvalue weighted by Gasteiger charge is -2.14. The lowest BCUT2D eigenvalue weighted by molar-refractivity contribution is -0.137. The summed E-state index contributed by atoms with van der Waals surface area (Å²) in [5.41, 5.74) is -0.807. The SMILES string of the molecule is O=C1C[C@@H]2OCC[C@@H]2C1/C=C/[C@@H](O)COc1cccc(C(F)(F)F)c1. The van der Waals surface area contributed by atoms with Gasteiger partial charge in [-0.3, -0.25) is 4.79 Å². The summed E-state index contributed by atoms with van der Waals surface area (Å²) in [6.45, 7) is 0.456. The molecule has 0 radical (unpaired) electrons. The Morgan fingerprint density at radius 2 is 2.20 bits per heavy atom. The molecule has 7 heteroatoms. The number of allylic oxidation sites excluding steroid dienone is 1. The van der Waals surface area contributed by atoms with E-state index in [0.717, 1.165) is 18.6 Å². The maximum atomic E-state index is 12.6. The molecule has 1 aliphatic heterocycles. The van der Waals surface area contributed by atoms with E-state index in [4.69, 9.17) is 9.47 Å². The fourth-order valence-corrected chi connectivity index (χ4v) is 3.36. The second-order valence-corrected chi connectivity index (χ2v) is 6.35. The van der Waals surface area contributed by atoms with Gasteiger partial charge in [-0.2, -0.15) is 13.2 Å². The molecule has 0 aromatic heterocycles. The highest BCUT2D eigenvalue weighted by Gasteiger charge is 2.44. The molecule has 1 aromatic rings. The van der Waals surface area contributed by atoms with Crippen LogP contribution in [-0.2, 0) is 15.7 Å². The highest BCUT2D eigenvalue weighted by atomic mass is 19.4. The van der Waals surface area contributed by atoms with Crippen LogP contribution in [0.15, 0.2) is 36.4 Å². The Labute approximate surface area is 143 Å². The highest BCUT2D eigenvalue weighted by Crippen LogP contribution is 2.39. The zero-order valence-corrected chi connectivity index (χ0v) is 13.4. The van der Waals surface area contributed by atoms with Gasteiger partial charge in [-0.1, -0.05) is 18.2 Å². The molecule has 1 aliphatic carbocycles. The number of fused-ring (bicyclic) bond motifs is 1. The number of hydrogen-bond donors (Lipinski definition) is 1. The van der Waals surface area contributed by atoms with Crippen LogP contribution in [0.2, 0.25) is 0 Å². The summed E-state index contributed by atoms with van der Waals surface area (Å²) in [6.07, 6.45) is -1.12. The number of rotatable bonds is 5. The molecule has 1 unspecified atom stereocenters. The standard InChI is InChI=1S/C18H19F3O4/c19-18(20,21)11-2-1-3-13(8-11)25-10-12(22)4-5-14-15-6-7-24-17(15)9-16(14)23/h1-5,8,12,14-15,17,22H,6-7,9-10H2/b5-4+/t12-,14?,15-,17+/m1/s1. The third-order valence-corrected chi connectivity index (χ3v) is 4.62. The first kappa shape index (κ1) is 17.9. The summed E-state index contributed by atoms with van der Waals surface area (Å²) >= 11 is 0. The molecule has 1 heterocycles. The van der Waals surface area contributed by atoms with Crippen molar-refractivity contribution < 1.29 is 32.5 Å². The molecule has 2 aliphatic rings. The zero-order chi connectivity index (χ0) is 18.0.